The maximum absolute atomic E-state index is 12.4. The number of rotatable bonds is 6. The Balaban J connectivity index is 2.31. The van der Waals surface area contributed by atoms with E-state index in [9.17, 15) is 8.78 Å². The summed E-state index contributed by atoms with van der Waals surface area (Å²) in [6, 6.07) is 0. The van der Waals surface area contributed by atoms with E-state index in [0.717, 1.165) is 11.0 Å². The van der Waals surface area contributed by atoms with Crippen LogP contribution in [0, 0.1) is 12.3 Å². The van der Waals surface area contributed by atoms with Crippen molar-refractivity contribution in [1.82, 2.24) is 14.9 Å². The third kappa shape index (κ3) is 3.68. The maximum Gasteiger partial charge on any atom is 0.319 e. The summed E-state index contributed by atoms with van der Waals surface area (Å²) in [6.07, 6.45) is 9.24. The summed E-state index contributed by atoms with van der Waals surface area (Å²) in [5.74, 6) is 2.85. The fraction of sp³-hybridized carbons (Fsp3) is 0.500. The SMILES string of the molecule is C#CCCCNCc1nccn1C(F)F. The Morgan fingerprint density at radius 3 is 3.07 bits per heavy atom. The highest BCUT2D eigenvalue weighted by molar-refractivity contribution is 4.92. The number of nitrogens with one attached hydrogen (secondary N) is 1. The van der Waals surface area contributed by atoms with Gasteiger partial charge in [0.25, 0.3) is 0 Å². The first-order valence-electron chi connectivity index (χ1n) is 4.69. The van der Waals surface area contributed by atoms with Crippen LogP contribution in [0.4, 0.5) is 8.78 Å². The minimum absolute atomic E-state index is 0.335. The molecule has 15 heavy (non-hydrogen) atoms. The number of hydrogen-bond acceptors (Lipinski definition) is 2. The third-order valence-corrected chi connectivity index (χ3v) is 1.92. The molecule has 0 amide bonds. The topological polar surface area (TPSA) is 29.9 Å². The molecule has 0 atom stereocenters. The molecule has 0 radical (unpaired) electrons. The summed E-state index contributed by atoms with van der Waals surface area (Å²) in [5, 5.41) is 3.01. The van der Waals surface area contributed by atoms with Crippen LogP contribution in [0.25, 0.3) is 0 Å². The van der Waals surface area contributed by atoms with E-state index in [1.54, 1.807) is 0 Å². The van der Waals surface area contributed by atoms with E-state index in [2.05, 4.69) is 16.2 Å². The van der Waals surface area contributed by atoms with Crippen molar-refractivity contribution in [3.05, 3.63) is 18.2 Å². The van der Waals surface area contributed by atoms with Crippen molar-refractivity contribution < 1.29 is 8.78 Å². The van der Waals surface area contributed by atoms with Crippen molar-refractivity contribution in [2.75, 3.05) is 6.54 Å². The van der Waals surface area contributed by atoms with E-state index >= 15 is 0 Å². The first-order chi connectivity index (χ1) is 7.25. The van der Waals surface area contributed by atoms with E-state index < -0.39 is 6.55 Å². The molecule has 1 rings (SSSR count). The lowest BCUT2D eigenvalue weighted by molar-refractivity contribution is 0.0666. The van der Waals surface area contributed by atoms with E-state index in [-0.39, 0.29) is 0 Å². The van der Waals surface area contributed by atoms with Gasteiger partial charge in [0.2, 0.25) is 0 Å². The minimum Gasteiger partial charge on any atom is -0.310 e. The van der Waals surface area contributed by atoms with Crippen LogP contribution in [0.15, 0.2) is 12.4 Å². The molecule has 1 heterocycles. The first kappa shape index (κ1) is 11.7. The van der Waals surface area contributed by atoms with E-state index in [1.807, 2.05) is 0 Å². The largest absolute Gasteiger partial charge is 0.319 e. The molecule has 0 aliphatic carbocycles. The second-order valence-corrected chi connectivity index (χ2v) is 3.01. The molecular formula is C10H13F2N3. The van der Waals surface area contributed by atoms with Crippen LogP contribution < -0.4 is 5.32 Å². The van der Waals surface area contributed by atoms with Crippen molar-refractivity contribution in [2.45, 2.75) is 25.9 Å². The summed E-state index contributed by atoms with van der Waals surface area (Å²) in [4.78, 5) is 3.84. The number of hydrogen-bond donors (Lipinski definition) is 1. The normalized spacial score (nSPS) is 10.5. The zero-order valence-corrected chi connectivity index (χ0v) is 8.29. The van der Waals surface area contributed by atoms with Crippen LogP contribution >= 0.6 is 0 Å². The lowest BCUT2D eigenvalue weighted by Gasteiger charge is -2.06. The van der Waals surface area contributed by atoms with Gasteiger partial charge in [0.1, 0.15) is 5.82 Å². The zero-order chi connectivity index (χ0) is 11.1. The summed E-state index contributed by atoms with van der Waals surface area (Å²) < 4.78 is 25.6. The second kappa shape index (κ2) is 6.14. The highest BCUT2D eigenvalue weighted by Gasteiger charge is 2.09. The number of unbranched alkanes of at least 4 members (excludes halogenated alkanes) is 1. The molecule has 1 N–H and O–H groups in total. The Labute approximate surface area is 87.5 Å². The minimum atomic E-state index is -2.53. The molecule has 5 heteroatoms. The monoisotopic (exact) mass is 213 g/mol. The summed E-state index contributed by atoms with van der Waals surface area (Å²) >= 11 is 0. The molecule has 0 aromatic carbocycles. The molecule has 1 aromatic rings. The van der Waals surface area contributed by atoms with Gasteiger partial charge in [-0.1, -0.05) is 0 Å². The van der Waals surface area contributed by atoms with Gasteiger partial charge in [0.15, 0.2) is 0 Å². The van der Waals surface area contributed by atoms with Gasteiger partial charge in [-0.3, -0.25) is 4.57 Å². The van der Waals surface area contributed by atoms with Crippen LogP contribution in [-0.2, 0) is 6.54 Å². The van der Waals surface area contributed by atoms with Crippen LogP contribution in [0.5, 0.6) is 0 Å². The molecule has 0 saturated heterocycles. The summed E-state index contributed by atoms with van der Waals surface area (Å²) in [5.41, 5.74) is 0. The molecule has 0 bridgehead atoms. The van der Waals surface area contributed by atoms with Gasteiger partial charge < -0.3 is 5.32 Å². The number of halogens is 2. The lowest BCUT2D eigenvalue weighted by atomic mass is 10.3. The molecule has 0 fully saturated rings. The Morgan fingerprint density at radius 1 is 1.60 bits per heavy atom. The fourth-order valence-electron chi connectivity index (χ4n) is 1.17. The van der Waals surface area contributed by atoms with Crippen LogP contribution in [0.2, 0.25) is 0 Å². The highest BCUT2D eigenvalue weighted by Crippen LogP contribution is 2.11. The Morgan fingerprint density at radius 2 is 2.40 bits per heavy atom. The van der Waals surface area contributed by atoms with E-state index in [0.29, 0.717) is 25.3 Å². The van der Waals surface area contributed by atoms with Gasteiger partial charge >= 0.3 is 6.55 Å². The zero-order valence-electron chi connectivity index (χ0n) is 8.29. The van der Waals surface area contributed by atoms with Crippen LogP contribution in [0.1, 0.15) is 25.2 Å². The lowest BCUT2D eigenvalue weighted by Crippen LogP contribution is -2.18. The standard InChI is InChI=1S/C10H13F2N3/c1-2-3-4-5-13-8-9-14-6-7-15(9)10(11)12/h1,6-7,10,13H,3-5,8H2. The van der Waals surface area contributed by atoms with Gasteiger partial charge in [-0.25, -0.2) is 4.98 Å². The van der Waals surface area contributed by atoms with Gasteiger partial charge in [-0.05, 0) is 13.0 Å². The molecule has 0 saturated carbocycles. The first-order valence-corrected chi connectivity index (χ1v) is 4.69. The molecule has 0 aliphatic rings. The molecule has 1 aromatic heterocycles. The number of terminal acetylenes is 1. The quantitative estimate of drug-likeness (QED) is 0.576. The van der Waals surface area contributed by atoms with E-state index in [1.165, 1.54) is 12.4 Å². The Hall–Kier alpha value is -1.41. The average molecular weight is 213 g/mol. The third-order valence-electron chi connectivity index (χ3n) is 1.92. The number of alkyl halides is 2. The number of imidazole rings is 1. The van der Waals surface area contributed by atoms with Crippen molar-refractivity contribution in [2.24, 2.45) is 0 Å². The van der Waals surface area contributed by atoms with Crippen LogP contribution in [0.3, 0.4) is 0 Å². The van der Waals surface area contributed by atoms with Gasteiger partial charge in [0.05, 0.1) is 6.54 Å². The predicted molar refractivity (Wildman–Crippen MR) is 53.3 cm³/mol. The molecule has 0 unspecified atom stereocenters. The van der Waals surface area contributed by atoms with Crippen LogP contribution in [-0.4, -0.2) is 16.1 Å². The van der Waals surface area contributed by atoms with Crippen molar-refractivity contribution >= 4 is 0 Å². The molecular weight excluding hydrogens is 200 g/mol. The molecule has 0 aliphatic heterocycles. The van der Waals surface area contributed by atoms with Gasteiger partial charge in [-0.2, -0.15) is 8.78 Å². The second-order valence-electron chi connectivity index (χ2n) is 3.01. The van der Waals surface area contributed by atoms with Gasteiger partial charge in [-0.15, -0.1) is 12.3 Å². The number of aromatic nitrogens is 2. The van der Waals surface area contributed by atoms with Crippen molar-refractivity contribution in [3.63, 3.8) is 0 Å². The van der Waals surface area contributed by atoms with Crippen molar-refractivity contribution in [3.8, 4) is 12.3 Å². The van der Waals surface area contributed by atoms with Gasteiger partial charge in [0, 0.05) is 18.8 Å². The Bertz CT molecular complexity index is 328. The van der Waals surface area contributed by atoms with Crippen molar-refractivity contribution in [1.29, 1.82) is 0 Å². The summed E-state index contributed by atoms with van der Waals surface area (Å²) in [7, 11) is 0. The van der Waals surface area contributed by atoms with E-state index in [4.69, 9.17) is 6.42 Å². The molecule has 3 nitrogen and oxygen atoms in total. The maximum atomic E-state index is 12.4. The molecule has 82 valence electrons. The Kier molecular flexibility index (Phi) is 4.78. The average Bonchev–Trinajstić information content (AvgIpc) is 2.66. The molecule has 0 spiro atoms. The highest BCUT2D eigenvalue weighted by atomic mass is 19.3. The predicted octanol–water partition coefficient (Wildman–Crippen LogP) is 1.78. The summed E-state index contributed by atoms with van der Waals surface area (Å²) in [6.45, 7) is -1.49. The fourth-order valence-corrected chi connectivity index (χ4v) is 1.17. The smallest absolute Gasteiger partial charge is 0.310 e. The number of nitrogens with zero attached hydrogens (tertiary/aromatic N) is 2.